The molecule has 0 saturated heterocycles. The molecule has 0 spiro atoms. The molecule has 0 heterocycles. The molecule has 0 N–H and O–H groups in total. The minimum absolute atomic E-state index is 0.759. The molecule has 1 aromatic carbocycles. The van der Waals surface area contributed by atoms with Crippen LogP contribution < -0.4 is 0 Å². The molecule has 0 saturated carbocycles. The SMILES string of the molecule is CC(/C=C/C#N)=C(/C)CSc1ccc(Cl)cc1. The first-order valence-electron chi connectivity index (χ1n) is 5.24. The van der Waals surface area contributed by atoms with E-state index < -0.39 is 0 Å². The summed E-state index contributed by atoms with van der Waals surface area (Å²) < 4.78 is 0. The lowest BCUT2D eigenvalue weighted by atomic mass is 10.2. The third kappa shape index (κ3) is 5.12. The summed E-state index contributed by atoms with van der Waals surface area (Å²) in [6.07, 6.45) is 3.35. The second-order valence-electron chi connectivity index (χ2n) is 3.67. The molecule has 1 rings (SSSR count). The third-order valence-corrected chi connectivity index (χ3v) is 3.78. The summed E-state index contributed by atoms with van der Waals surface area (Å²) in [5.74, 6) is 0.920. The number of rotatable bonds is 4. The summed E-state index contributed by atoms with van der Waals surface area (Å²) in [5.41, 5.74) is 2.42. The Morgan fingerprint density at radius 2 is 2.00 bits per heavy atom. The van der Waals surface area contributed by atoms with Gasteiger partial charge in [0.15, 0.2) is 0 Å². The Morgan fingerprint density at radius 3 is 2.59 bits per heavy atom. The molecule has 1 nitrogen and oxygen atoms in total. The van der Waals surface area contributed by atoms with Crippen molar-refractivity contribution < 1.29 is 0 Å². The van der Waals surface area contributed by atoms with Crippen LogP contribution in [0.25, 0.3) is 0 Å². The largest absolute Gasteiger partial charge is 0.193 e. The minimum atomic E-state index is 0.759. The van der Waals surface area contributed by atoms with E-state index in [1.54, 1.807) is 11.8 Å². The van der Waals surface area contributed by atoms with Crippen molar-refractivity contribution in [1.29, 1.82) is 5.26 Å². The average molecular weight is 264 g/mol. The highest BCUT2D eigenvalue weighted by molar-refractivity contribution is 7.99. The van der Waals surface area contributed by atoms with Crippen LogP contribution in [0.3, 0.4) is 0 Å². The molecule has 0 radical (unpaired) electrons. The topological polar surface area (TPSA) is 23.8 Å². The van der Waals surface area contributed by atoms with E-state index in [1.807, 2.05) is 43.3 Å². The molecule has 0 unspecified atom stereocenters. The molecule has 17 heavy (non-hydrogen) atoms. The Hall–Kier alpha value is -1.17. The highest BCUT2D eigenvalue weighted by Crippen LogP contribution is 2.23. The molecule has 0 bridgehead atoms. The Kier molecular flexibility index (Phi) is 5.90. The van der Waals surface area contributed by atoms with Gasteiger partial charge in [-0.05, 0) is 44.2 Å². The van der Waals surface area contributed by atoms with Crippen LogP contribution in [0.2, 0.25) is 5.02 Å². The number of allylic oxidation sites excluding steroid dienone is 3. The highest BCUT2D eigenvalue weighted by atomic mass is 35.5. The zero-order valence-corrected chi connectivity index (χ0v) is 11.5. The summed E-state index contributed by atoms with van der Waals surface area (Å²) in [7, 11) is 0. The highest BCUT2D eigenvalue weighted by Gasteiger charge is 1.97. The van der Waals surface area contributed by atoms with Gasteiger partial charge in [-0.2, -0.15) is 5.26 Å². The molecule has 0 atom stereocenters. The van der Waals surface area contributed by atoms with E-state index in [-0.39, 0.29) is 0 Å². The molecule has 3 heteroatoms. The first-order chi connectivity index (χ1) is 8.13. The van der Waals surface area contributed by atoms with Gasteiger partial charge in [0.1, 0.15) is 0 Å². The van der Waals surface area contributed by atoms with Crippen LogP contribution in [-0.4, -0.2) is 5.75 Å². The summed E-state index contributed by atoms with van der Waals surface area (Å²) >= 11 is 7.59. The predicted molar refractivity (Wildman–Crippen MR) is 75.3 cm³/mol. The van der Waals surface area contributed by atoms with Crippen molar-refractivity contribution in [3.8, 4) is 6.07 Å². The van der Waals surface area contributed by atoms with Crippen LogP contribution in [0.5, 0.6) is 0 Å². The van der Waals surface area contributed by atoms with Gasteiger partial charge in [0.2, 0.25) is 0 Å². The monoisotopic (exact) mass is 263 g/mol. The summed E-state index contributed by atoms with van der Waals surface area (Å²) in [6.45, 7) is 4.10. The van der Waals surface area contributed by atoms with E-state index >= 15 is 0 Å². The molecule has 1 aromatic rings. The van der Waals surface area contributed by atoms with Crippen molar-refractivity contribution in [3.05, 3.63) is 52.6 Å². The van der Waals surface area contributed by atoms with Gasteiger partial charge >= 0.3 is 0 Å². The molecule has 0 aliphatic heterocycles. The fourth-order valence-corrected chi connectivity index (χ4v) is 2.21. The van der Waals surface area contributed by atoms with Gasteiger partial charge in [-0.15, -0.1) is 11.8 Å². The van der Waals surface area contributed by atoms with E-state index in [1.165, 1.54) is 16.5 Å². The Bertz CT molecular complexity index is 466. The number of nitrogens with zero attached hydrogens (tertiary/aromatic N) is 1. The smallest absolute Gasteiger partial charge is 0.0912 e. The van der Waals surface area contributed by atoms with Crippen molar-refractivity contribution >= 4 is 23.4 Å². The number of hydrogen-bond donors (Lipinski definition) is 0. The van der Waals surface area contributed by atoms with Crippen LogP contribution in [0, 0.1) is 11.3 Å². The molecule has 0 amide bonds. The van der Waals surface area contributed by atoms with Crippen molar-refractivity contribution in [2.45, 2.75) is 18.7 Å². The van der Waals surface area contributed by atoms with E-state index in [0.717, 1.165) is 16.3 Å². The third-order valence-electron chi connectivity index (χ3n) is 2.35. The van der Waals surface area contributed by atoms with Gasteiger partial charge in [0.05, 0.1) is 6.07 Å². The second-order valence-corrected chi connectivity index (χ2v) is 5.15. The number of nitriles is 1. The van der Waals surface area contributed by atoms with Gasteiger partial charge in [-0.1, -0.05) is 22.7 Å². The average Bonchev–Trinajstić information content (AvgIpc) is 2.34. The van der Waals surface area contributed by atoms with Gasteiger partial charge in [0, 0.05) is 21.7 Å². The minimum Gasteiger partial charge on any atom is -0.193 e. The molecular weight excluding hydrogens is 250 g/mol. The lowest BCUT2D eigenvalue weighted by molar-refractivity contribution is 1.30. The summed E-state index contributed by atoms with van der Waals surface area (Å²) in [6, 6.07) is 9.81. The quantitative estimate of drug-likeness (QED) is 0.441. The number of halogens is 1. The number of thioether (sulfide) groups is 1. The maximum atomic E-state index is 8.45. The fourth-order valence-electron chi connectivity index (χ4n) is 1.14. The Morgan fingerprint density at radius 1 is 1.35 bits per heavy atom. The van der Waals surface area contributed by atoms with E-state index in [0.29, 0.717) is 0 Å². The Labute approximate surface area is 112 Å². The molecule has 0 aliphatic rings. The molecule has 88 valence electrons. The van der Waals surface area contributed by atoms with Crippen molar-refractivity contribution in [3.63, 3.8) is 0 Å². The van der Waals surface area contributed by atoms with Crippen LogP contribution in [0.15, 0.2) is 52.5 Å². The van der Waals surface area contributed by atoms with Gasteiger partial charge < -0.3 is 0 Å². The lowest BCUT2D eigenvalue weighted by Gasteiger charge is -2.04. The van der Waals surface area contributed by atoms with Crippen molar-refractivity contribution in [2.24, 2.45) is 0 Å². The van der Waals surface area contributed by atoms with E-state index in [4.69, 9.17) is 16.9 Å². The molecule has 0 aromatic heterocycles. The van der Waals surface area contributed by atoms with E-state index in [2.05, 4.69) is 6.92 Å². The van der Waals surface area contributed by atoms with Crippen LogP contribution in [0.4, 0.5) is 0 Å². The van der Waals surface area contributed by atoms with Crippen molar-refractivity contribution in [2.75, 3.05) is 5.75 Å². The molecule has 0 aliphatic carbocycles. The fraction of sp³-hybridized carbons (Fsp3) is 0.214. The summed E-state index contributed by atoms with van der Waals surface area (Å²) in [5, 5.41) is 9.21. The van der Waals surface area contributed by atoms with Gasteiger partial charge in [0.25, 0.3) is 0 Å². The van der Waals surface area contributed by atoms with Crippen LogP contribution in [0.1, 0.15) is 13.8 Å². The Balaban J connectivity index is 2.59. The predicted octanol–water partition coefficient (Wildman–Crippen LogP) is 4.85. The van der Waals surface area contributed by atoms with Crippen LogP contribution in [-0.2, 0) is 0 Å². The van der Waals surface area contributed by atoms with Crippen molar-refractivity contribution in [1.82, 2.24) is 0 Å². The summed E-state index contributed by atoms with van der Waals surface area (Å²) in [4.78, 5) is 1.20. The first-order valence-corrected chi connectivity index (χ1v) is 6.60. The maximum absolute atomic E-state index is 8.45. The molecule has 0 fully saturated rings. The maximum Gasteiger partial charge on any atom is 0.0912 e. The van der Waals surface area contributed by atoms with Gasteiger partial charge in [-0.25, -0.2) is 0 Å². The zero-order valence-electron chi connectivity index (χ0n) is 9.90. The van der Waals surface area contributed by atoms with E-state index in [9.17, 15) is 0 Å². The lowest BCUT2D eigenvalue weighted by Crippen LogP contribution is -1.86. The van der Waals surface area contributed by atoms with Crippen LogP contribution >= 0.6 is 23.4 Å². The first kappa shape index (κ1) is 13.9. The normalized spacial score (nSPS) is 12.4. The number of benzene rings is 1. The van der Waals surface area contributed by atoms with Gasteiger partial charge in [-0.3, -0.25) is 0 Å². The second kappa shape index (κ2) is 7.21. The standard InChI is InChI=1S/C14H14ClNS/c1-11(4-3-9-16)12(2)10-17-14-7-5-13(15)6-8-14/h3-8H,10H2,1-2H3/b4-3+,12-11+. The number of hydrogen-bond acceptors (Lipinski definition) is 2. The molecular formula is C14H14ClNS. The zero-order chi connectivity index (χ0) is 12.7.